The molecule has 1 saturated heterocycles. The summed E-state index contributed by atoms with van der Waals surface area (Å²) in [6, 6.07) is 0. The molecule has 0 aromatic heterocycles. The Labute approximate surface area is 114 Å². The van der Waals surface area contributed by atoms with Gasteiger partial charge in [-0.15, -0.1) is 0 Å². The second-order valence-electron chi connectivity index (χ2n) is 5.54. The maximum absolute atomic E-state index is 3.56. The molecule has 1 fully saturated rings. The molecule has 1 heterocycles. The molecule has 0 spiro atoms. The normalized spacial score (nSPS) is 21.0. The van der Waals surface area contributed by atoms with Crippen molar-refractivity contribution in [3.63, 3.8) is 0 Å². The maximum Gasteiger partial charge on any atom is 0.00223 e. The van der Waals surface area contributed by atoms with E-state index in [1.165, 1.54) is 71.6 Å². The van der Waals surface area contributed by atoms with Gasteiger partial charge in [0.05, 0.1) is 0 Å². The third-order valence-corrected chi connectivity index (χ3v) is 4.07. The van der Waals surface area contributed by atoms with Gasteiger partial charge in [-0.1, -0.05) is 20.8 Å². The third-order valence-electron chi connectivity index (χ3n) is 4.07. The van der Waals surface area contributed by atoms with E-state index in [4.69, 9.17) is 0 Å². The van der Waals surface area contributed by atoms with Crippen molar-refractivity contribution in [1.29, 1.82) is 0 Å². The highest BCUT2D eigenvalue weighted by Gasteiger charge is 2.21. The topological polar surface area (TPSA) is 18.5 Å². The Balaban J connectivity index is 2.03. The molecule has 0 radical (unpaired) electrons. The summed E-state index contributed by atoms with van der Waals surface area (Å²) < 4.78 is 0. The number of likely N-dealkylation sites (tertiary alicyclic amines) is 1. The molecule has 1 N–H and O–H groups in total. The van der Waals surface area contributed by atoms with E-state index in [1.807, 2.05) is 0 Å². The van der Waals surface area contributed by atoms with Crippen LogP contribution in [-0.4, -0.2) is 62.2 Å². The summed E-state index contributed by atoms with van der Waals surface area (Å²) >= 11 is 0. The number of nitrogens with zero attached hydrogens (tertiary/aromatic N) is 2. The van der Waals surface area contributed by atoms with Gasteiger partial charge >= 0.3 is 0 Å². The van der Waals surface area contributed by atoms with Crippen LogP contribution in [0.25, 0.3) is 0 Å². The fourth-order valence-corrected chi connectivity index (χ4v) is 2.82. The SMILES string of the molecule is CCCNCC1CCN(CCCN(CC)CC)C1. The van der Waals surface area contributed by atoms with Crippen molar-refractivity contribution in [3.05, 3.63) is 0 Å². The van der Waals surface area contributed by atoms with Crippen LogP contribution in [0.15, 0.2) is 0 Å². The van der Waals surface area contributed by atoms with E-state index in [-0.39, 0.29) is 0 Å². The molecule has 1 atom stereocenters. The minimum atomic E-state index is 0.894. The maximum atomic E-state index is 3.56. The molecular formula is C15H33N3. The van der Waals surface area contributed by atoms with E-state index < -0.39 is 0 Å². The van der Waals surface area contributed by atoms with E-state index in [0.29, 0.717) is 0 Å². The summed E-state index contributed by atoms with van der Waals surface area (Å²) in [5, 5.41) is 3.56. The highest BCUT2D eigenvalue weighted by atomic mass is 15.2. The molecular weight excluding hydrogens is 222 g/mol. The van der Waals surface area contributed by atoms with Crippen LogP contribution in [0, 0.1) is 5.92 Å². The van der Waals surface area contributed by atoms with Gasteiger partial charge in [-0.05, 0) is 71.0 Å². The Hall–Kier alpha value is -0.120. The first-order valence-corrected chi connectivity index (χ1v) is 7.95. The predicted octanol–water partition coefficient (Wildman–Crippen LogP) is 2.04. The van der Waals surface area contributed by atoms with Gasteiger partial charge in [0.15, 0.2) is 0 Å². The number of nitrogens with one attached hydrogen (secondary N) is 1. The van der Waals surface area contributed by atoms with Crippen LogP contribution in [0.3, 0.4) is 0 Å². The molecule has 108 valence electrons. The van der Waals surface area contributed by atoms with Gasteiger partial charge in [-0.2, -0.15) is 0 Å². The summed E-state index contributed by atoms with van der Waals surface area (Å²) in [5.74, 6) is 0.894. The van der Waals surface area contributed by atoms with Crippen LogP contribution < -0.4 is 5.32 Å². The molecule has 18 heavy (non-hydrogen) atoms. The summed E-state index contributed by atoms with van der Waals surface area (Å²) in [6.07, 6.45) is 3.97. The molecule has 1 unspecified atom stereocenters. The van der Waals surface area contributed by atoms with Crippen LogP contribution in [-0.2, 0) is 0 Å². The lowest BCUT2D eigenvalue weighted by Gasteiger charge is -2.21. The summed E-state index contributed by atoms with van der Waals surface area (Å²) in [5.41, 5.74) is 0. The van der Waals surface area contributed by atoms with E-state index in [1.54, 1.807) is 0 Å². The van der Waals surface area contributed by atoms with Crippen LogP contribution in [0.5, 0.6) is 0 Å². The Kier molecular flexibility index (Phi) is 8.64. The van der Waals surface area contributed by atoms with Crippen LogP contribution >= 0.6 is 0 Å². The first-order valence-electron chi connectivity index (χ1n) is 7.95. The highest BCUT2D eigenvalue weighted by Crippen LogP contribution is 2.15. The van der Waals surface area contributed by atoms with Gasteiger partial charge in [-0.25, -0.2) is 0 Å². The fourth-order valence-electron chi connectivity index (χ4n) is 2.82. The molecule has 3 nitrogen and oxygen atoms in total. The average Bonchev–Trinajstić information content (AvgIpc) is 2.83. The van der Waals surface area contributed by atoms with Crippen molar-refractivity contribution < 1.29 is 0 Å². The quantitative estimate of drug-likeness (QED) is 0.603. The number of hydrogen-bond acceptors (Lipinski definition) is 3. The first-order chi connectivity index (χ1) is 8.80. The average molecular weight is 255 g/mol. The minimum Gasteiger partial charge on any atom is -0.316 e. The standard InChI is InChI=1S/C15H33N3/c1-4-9-16-13-15-8-12-18(14-15)11-7-10-17(5-2)6-3/h15-16H,4-14H2,1-3H3. The van der Waals surface area contributed by atoms with Gasteiger partial charge in [0.1, 0.15) is 0 Å². The molecule has 0 bridgehead atoms. The molecule has 0 aromatic carbocycles. The van der Waals surface area contributed by atoms with Gasteiger partial charge in [0.25, 0.3) is 0 Å². The Morgan fingerprint density at radius 3 is 2.67 bits per heavy atom. The molecule has 0 saturated carbocycles. The Morgan fingerprint density at radius 1 is 1.22 bits per heavy atom. The zero-order chi connectivity index (χ0) is 13.2. The molecule has 0 amide bonds. The largest absolute Gasteiger partial charge is 0.316 e. The second-order valence-corrected chi connectivity index (χ2v) is 5.54. The van der Waals surface area contributed by atoms with Gasteiger partial charge < -0.3 is 15.1 Å². The molecule has 3 heteroatoms. The zero-order valence-electron chi connectivity index (χ0n) is 12.7. The van der Waals surface area contributed by atoms with Crippen LogP contribution in [0.4, 0.5) is 0 Å². The van der Waals surface area contributed by atoms with Gasteiger partial charge in [0.2, 0.25) is 0 Å². The predicted molar refractivity (Wildman–Crippen MR) is 80.1 cm³/mol. The van der Waals surface area contributed by atoms with Crippen molar-refractivity contribution in [2.45, 2.75) is 40.0 Å². The fraction of sp³-hybridized carbons (Fsp3) is 1.00. The Morgan fingerprint density at radius 2 is 2.00 bits per heavy atom. The first kappa shape index (κ1) is 15.9. The third kappa shape index (κ3) is 6.17. The Bertz CT molecular complexity index is 192. The van der Waals surface area contributed by atoms with Gasteiger partial charge in [0, 0.05) is 6.54 Å². The summed E-state index contributed by atoms with van der Waals surface area (Å²) in [7, 11) is 0. The molecule has 1 aliphatic rings. The lowest BCUT2D eigenvalue weighted by atomic mass is 10.1. The van der Waals surface area contributed by atoms with Crippen molar-refractivity contribution in [2.75, 3.05) is 52.4 Å². The zero-order valence-corrected chi connectivity index (χ0v) is 12.7. The minimum absolute atomic E-state index is 0.894. The van der Waals surface area contributed by atoms with E-state index in [9.17, 15) is 0 Å². The summed E-state index contributed by atoms with van der Waals surface area (Å²) in [6.45, 7) is 16.7. The smallest absolute Gasteiger partial charge is 0.00223 e. The van der Waals surface area contributed by atoms with Crippen molar-refractivity contribution >= 4 is 0 Å². The highest BCUT2D eigenvalue weighted by molar-refractivity contribution is 4.77. The molecule has 1 aliphatic heterocycles. The van der Waals surface area contributed by atoms with Crippen molar-refractivity contribution in [3.8, 4) is 0 Å². The van der Waals surface area contributed by atoms with Crippen LogP contribution in [0.2, 0.25) is 0 Å². The molecule has 0 aromatic rings. The summed E-state index contributed by atoms with van der Waals surface area (Å²) in [4.78, 5) is 5.18. The molecule has 0 aliphatic carbocycles. The van der Waals surface area contributed by atoms with Crippen LogP contribution in [0.1, 0.15) is 40.0 Å². The monoisotopic (exact) mass is 255 g/mol. The number of rotatable bonds is 10. The van der Waals surface area contributed by atoms with Gasteiger partial charge in [-0.3, -0.25) is 0 Å². The number of hydrogen-bond donors (Lipinski definition) is 1. The van der Waals surface area contributed by atoms with E-state index in [2.05, 4.69) is 35.9 Å². The lowest BCUT2D eigenvalue weighted by molar-refractivity contribution is 0.258. The van der Waals surface area contributed by atoms with Crippen molar-refractivity contribution in [1.82, 2.24) is 15.1 Å². The van der Waals surface area contributed by atoms with E-state index >= 15 is 0 Å². The second kappa shape index (κ2) is 9.76. The lowest BCUT2D eigenvalue weighted by Crippen LogP contribution is -2.30. The van der Waals surface area contributed by atoms with E-state index in [0.717, 1.165) is 5.92 Å². The van der Waals surface area contributed by atoms with Crippen molar-refractivity contribution in [2.24, 2.45) is 5.92 Å². The molecule has 1 rings (SSSR count).